The Morgan fingerprint density at radius 3 is 2.43 bits per heavy atom. The first-order valence-electron chi connectivity index (χ1n) is 9.51. The minimum absolute atomic E-state index is 0.266. The first kappa shape index (κ1) is 21.4. The molecule has 1 N–H and O–H groups in total. The van der Waals surface area contributed by atoms with Crippen LogP contribution in [0.3, 0.4) is 0 Å². The van der Waals surface area contributed by atoms with Crippen LogP contribution < -0.4 is 14.8 Å². The Morgan fingerprint density at radius 2 is 1.73 bits per heavy atom. The molecule has 0 unspecified atom stereocenters. The topological polar surface area (TPSA) is 84.9 Å². The van der Waals surface area contributed by atoms with Gasteiger partial charge >= 0.3 is 0 Å². The van der Waals surface area contributed by atoms with E-state index in [9.17, 15) is 14.4 Å². The fraction of sp³-hybridized carbons (Fsp3) is 0.227. The van der Waals surface area contributed by atoms with Crippen LogP contribution in [-0.2, 0) is 9.59 Å². The molecule has 3 rings (SSSR count). The molecule has 2 aromatic carbocycles. The van der Waals surface area contributed by atoms with Gasteiger partial charge in [-0.3, -0.25) is 19.3 Å². The van der Waals surface area contributed by atoms with E-state index in [1.165, 1.54) is 0 Å². The van der Waals surface area contributed by atoms with Crippen molar-refractivity contribution in [2.24, 2.45) is 0 Å². The van der Waals surface area contributed by atoms with E-state index >= 15 is 0 Å². The molecule has 0 aliphatic carbocycles. The molecule has 0 atom stereocenters. The van der Waals surface area contributed by atoms with E-state index in [1.54, 1.807) is 36.4 Å². The van der Waals surface area contributed by atoms with Crippen molar-refractivity contribution in [3.8, 4) is 11.5 Å². The molecule has 1 aliphatic heterocycles. The smallest absolute Gasteiger partial charge is 0.294 e. The number of imide groups is 1. The van der Waals surface area contributed by atoms with Gasteiger partial charge in [-0.05, 0) is 73.6 Å². The van der Waals surface area contributed by atoms with E-state index in [-0.39, 0.29) is 11.4 Å². The van der Waals surface area contributed by atoms with Gasteiger partial charge in [-0.15, -0.1) is 0 Å². The van der Waals surface area contributed by atoms with Gasteiger partial charge in [0.15, 0.2) is 0 Å². The summed E-state index contributed by atoms with van der Waals surface area (Å²) in [6.07, 6.45) is 1.62. The van der Waals surface area contributed by atoms with Crippen LogP contribution in [0.1, 0.15) is 19.4 Å². The van der Waals surface area contributed by atoms with Crippen molar-refractivity contribution < 1.29 is 23.9 Å². The number of rotatable bonds is 8. The van der Waals surface area contributed by atoms with Crippen LogP contribution in [0, 0.1) is 0 Å². The van der Waals surface area contributed by atoms with Crippen molar-refractivity contribution in [2.45, 2.75) is 13.8 Å². The van der Waals surface area contributed by atoms with Gasteiger partial charge in [0.1, 0.15) is 18.0 Å². The third-order valence-corrected chi connectivity index (χ3v) is 5.00. The molecule has 1 saturated heterocycles. The molecule has 7 nitrogen and oxygen atoms in total. The summed E-state index contributed by atoms with van der Waals surface area (Å²) in [5.74, 6) is 0.426. The van der Waals surface area contributed by atoms with Crippen LogP contribution in [0.25, 0.3) is 6.08 Å². The second-order valence-corrected chi connectivity index (χ2v) is 7.27. The first-order chi connectivity index (χ1) is 14.5. The molecule has 0 aromatic heterocycles. The molecular formula is C22H22N2O5S. The fourth-order valence-electron chi connectivity index (χ4n) is 2.79. The Balaban J connectivity index is 1.64. The second-order valence-electron chi connectivity index (χ2n) is 6.28. The Kier molecular flexibility index (Phi) is 7.13. The molecule has 1 fully saturated rings. The summed E-state index contributed by atoms with van der Waals surface area (Å²) in [4.78, 5) is 38.4. The van der Waals surface area contributed by atoms with E-state index in [4.69, 9.17) is 9.47 Å². The third kappa shape index (κ3) is 5.42. The minimum atomic E-state index is -0.492. The van der Waals surface area contributed by atoms with Gasteiger partial charge in [-0.25, -0.2) is 0 Å². The maximum atomic E-state index is 12.6. The number of nitrogens with zero attached hydrogens (tertiary/aromatic N) is 1. The molecule has 0 saturated carbocycles. The van der Waals surface area contributed by atoms with Gasteiger partial charge in [0, 0.05) is 5.69 Å². The summed E-state index contributed by atoms with van der Waals surface area (Å²) < 4.78 is 10.8. The number of hydrogen-bond donors (Lipinski definition) is 1. The van der Waals surface area contributed by atoms with Crippen molar-refractivity contribution in [1.29, 1.82) is 0 Å². The van der Waals surface area contributed by atoms with Crippen LogP contribution in [0.15, 0.2) is 53.4 Å². The van der Waals surface area contributed by atoms with Crippen molar-refractivity contribution >= 4 is 40.6 Å². The Morgan fingerprint density at radius 1 is 1.03 bits per heavy atom. The fourth-order valence-corrected chi connectivity index (χ4v) is 3.63. The number of benzene rings is 2. The van der Waals surface area contributed by atoms with Crippen molar-refractivity contribution in [3.05, 3.63) is 59.0 Å². The number of anilines is 1. The lowest BCUT2D eigenvalue weighted by Gasteiger charge is -2.12. The molecule has 8 heteroatoms. The maximum absolute atomic E-state index is 12.6. The molecule has 3 amide bonds. The minimum Gasteiger partial charge on any atom is -0.494 e. The molecular weight excluding hydrogens is 404 g/mol. The average molecular weight is 426 g/mol. The van der Waals surface area contributed by atoms with E-state index in [0.717, 1.165) is 22.2 Å². The number of carbonyl (C=O) groups excluding carboxylic acids is 3. The highest BCUT2D eigenvalue weighted by atomic mass is 32.2. The van der Waals surface area contributed by atoms with Gasteiger partial charge < -0.3 is 14.8 Å². The molecule has 156 valence electrons. The number of amides is 3. The van der Waals surface area contributed by atoms with E-state index in [0.29, 0.717) is 30.4 Å². The molecule has 1 heterocycles. The van der Waals surface area contributed by atoms with Crippen LogP contribution >= 0.6 is 11.8 Å². The second kappa shape index (κ2) is 9.98. The standard InChI is InChI=1S/C22H22N2O5S/c1-3-28-17-10-8-16(9-11-17)23-20(25)14-24-21(26)19(30-22(24)27)13-15-6-5-7-18(12-15)29-4-2/h5-13H,3-4,14H2,1-2H3,(H,23,25)/b19-13-. The number of nitrogens with one attached hydrogen (secondary N) is 1. The van der Waals surface area contributed by atoms with E-state index < -0.39 is 17.1 Å². The first-order valence-corrected chi connectivity index (χ1v) is 10.3. The van der Waals surface area contributed by atoms with Crippen LogP contribution in [0.4, 0.5) is 10.5 Å². The van der Waals surface area contributed by atoms with Gasteiger partial charge in [-0.2, -0.15) is 0 Å². The molecule has 0 spiro atoms. The monoisotopic (exact) mass is 426 g/mol. The number of hydrogen-bond acceptors (Lipinski definition) is 6. The zero-order valence-electron chi connectivity index (χ0n) is 16.7. The molecule has 2 aromatic rings. The Hall–Kier alpha value is -3.26. The van der Waals surface area contributed by atoms with Crippen molar-refractivity contribution in [2.75, 3.05) is 25.1 Å². The SMILES string of the molecule is CCOc1ccc(NC(=O)CN2C(=O)S/C(=C\c3cccc(OCC)c3)C2=O)cc1. The lowest BCUT2D eigenvalue weighted by atomic mass is 10.2. The summed E-state index contributed by atoms with van der Waals surface area (Å²) in [5, 5.41) is 2.20. The zero-order valence-corrected chi connectivity index (χ0v) is 17.5. The predicted octanol–water partition coefficient (Wildman–Crippen LogP) is 4.16. The van der Waals surface area contributed by atoms with Gasteiger partial charge in [0.25, 0.3) is 11.1 Å². The predicted molar refractivity (Wildman–Crippen MR) is 117 cm³/mol. The van der Waals surface area contributed by atoms with E-state index in [2.05, 4.69) is 5.32 Å². The maximum Gasteiger partial charge on any atom is 0.294 e. The molecule has 30 heavy (non-hydrogen) atoms. The summed E-state index contributed by atoms with van der Waals surface area (Å²) in [6, 6.07) is 14.1. The van der Waals surface area contributed by atoms with Crippen molar-refractivity contribution in [1.82, 2.24) is 4.90 Å². The summed E-state index contributed by atoms with van der Waals surface area (Å²) in [7, 11) is 0. The van der Waals surface area contributed by atoms with Crippen LogP contribution in [0.5, 0.6) is 11.5 Å². The lowest BCUT2D eigenvalue weighted by Crippen LogP contribution is -2.36. The summed E-state index contributed by atoms with van der Waals surface area (Å²) >= 11 is 0.813. The third-order valence-electron chi connectivity index (χ3n) is 4.09. The normalized spacial score (nSPS) is 14.9. The zero-order chi connectivity index (χ0) is 21.5. The Labute approximate surface area is 179 Å². The van der Waals surface area contributed by atoms with Gasteiger partial charge in [0.05, 0.1) is 18.1 Å². The molecule has 0 radical (unpaired) electrons. The number of thioether (sulfide) groups is 1. The molecule has 0 bridgehead atoms. The summed E-state index contributed by atoms with van der Waals surface area (Å²) in [6.45, 7) is 4.50. The van der Waals surface area contributed by atoms with Gasteiger partial charge in [0.2, 0.25) is 5.91 Å². The summed E-state index contributed by atoms with van der Waals surface area (Å²) in [5.41, 5.74) is 1.30. The lowest BCUT2D eigenvalue weighted by molar-refractivity contribution is -0.127. The quantitative estimate of drug-likeness (QED) is 0.638. The van der Waals surface area contributed by atoms with E-state index in [1.807, 2.05) is 32.0 Å². The molecule has 1 aliphatic rings. The Bertz CT molecular complexity index is 972. The van der Waals surface area contributed by atoms with Crippen molar-refractivity contribution in [3.63, 3.8) is 0 Å². The highest BCUT2D eigenvalue weighted by Gasteiger charge is 2.36. The highest BCUT2D eigenvalue weighted by Crippen LogP contribution is 2.32. The van der Waals surface area contributed by atoms with Gasteiger partial charge in [-0.1, -0.05) is 12.1 Å². The van der Waals surface area contributed by atoms with Crippen LogP contribution in [-0.4, -0.2) is 41.7 Å². The van der Waals surface area contributed by atoms with Crippen LogP contribution in [0.2, 0.25) is 0 Å². The number of carbonyl (C=O) groups is 3. The average Bonchev–Trinajstić information content (AvgIpc) is 2.97. The highest BCUT2D eigenvalue weighted by molar-refractivity contribution is 8.18. The largest absolute Gasteiger partial charge is 0.494 e. The number of ether oxygens (including phenoxy) is 2.